The number of aliphatic carboxylic acids is 1. The molecule has 0 aliphatic rings. The van der Waals surface area contributed by atoms with Gasteiger partial charge in [0.2, 0.25) is 11.8 Å². The molecule has 4 N–H and O–H groups in total. The number of primary amides is 1. The first-order valence-corrected chi connectivity index (χ1v) is 7.86. The molecule has 0 aromatic rings. The Labute approximate surface area is 123 Å². The zero-order valence-corrected chi connectivity index (χ0v) is 12.9. The molecule has 2 unspecified atom stereocenters. The summed E-state index contributed by atoms with van der Waals surface area (Å²) in [7, 11) is 0. The van der Waals surface area contributed by atoms with Gasteiger partial charge in [0, 0.05) is 18.2 Å². The van der Waals surface area contributed by atoms with E-state index in [1.165, 1.54) is 11.8 Å². The van der Waals surface area contributed by atoms with E-state index in [2.05, 4.69) is 5.32 Å². The molecule has 0 fully saturated rings. The summed E-state index contributed by atoms with van der Waals surface area (Å²) in [6.07, 6.45) is 2.50. The van der Waals surface area contributed by atoms with Gasteiger partial charge in [0.05, 0.1) is 11.7 Å². The van der Waals surface area contributed by atoms with E-state index in [4.69, 9.17) is 10.8 Å². The van der Waals surface area contributed by atoms with Crippen molar-refractivity contribution in [1.82, 2.24) is 5.32 Å². The fraction of sp³-hybridized carbons (Fsp3) is 0.769. The molecule has 0 bridgehead atoms. The highest BCUT2D eigenvalue weighted by Gasteiger charge is 2.12. The molecular weight excluding hydrogens is 280 g/mol. The molecule has 0 heterocycles. The lowest BCUT2D eigenvalue weighted by atomic mass is 10.0. The molecule has 2 amide bonds. The Morgan fingerprint density at radius 2 is 1.90 bits per heavy atom. The summed E-state index contributed by atoms with van der Waals surface area (Å²) < 4.78 is 0. The van der Waals surface area contributed by atoms with Crippen LogP contribution in [0.25, 0.3) is 0 Å². The molecule has 116 valence electrons. The van der Waals surface area contributed by atoms with Crippen molar-refractivity contribution < 1.29 is 19.5 Å². The number of rotatable bonds is 11. The van der Waals surface area contributed by atoms with Gasteiger partial charge in [0.25, 0.3) is 0 Å². The number of carboxylic acid groups (broad SMARTS) is 1. The Balaban J connectivity index is 3.64. The zero-order valence-electron chi connectivity index (χ0n) is 12.1. The lowest BCUT2D eigenvalue weighted by Gasteiger charge is -2.14. The molecule has 0 aromatic carbocycles. The molecule has 7 heteroatoms. The normalized spacial score (nSPS) is 13.5. The first-order chi connectivity index (χ1) is 9.32. The number of carbonyl (C=O) groups excluding carboxylic acids is 2. The number of hydrogen-bond acceptors (Lipinski definition) is 4. The maximum absolute atomic E-state index is 11.6. The van der Waals surface area contributed by atoms with E-state index in [1.54, 1.807) is 6.92 Å². The second kappa shape index (κ2) is 10.5. The van der Waals surface area contributed by atoms with Crippen molar-refractivity contribution in [3.05, 3.63) is 0 Å². The van der Waals surface area contributed by atoms with E-state index >= 15 is 0 Å². The third-order valence-electron chi connectivity index (χ3n) is 2.82. The lowest BCUT2D eigenvalue weighted by Crippen LogP contribution is -2.32. The van der Waals surface area contributed by atoms with Crippen LogP contribution < -0.4 is 11.1 Å². The highest BCUT2D eigenvalue weighted by Crippen LogP contribution is 2.10. The van der Waals surface area contributed by atoms with Gasteiger partial charge in [0.15, 0.2) is 0 Å². The molecule has 0 radical (unpaired) electrons. The number of carboxylic acids is 1. The van der Waals surface area contributed by atoms with Crippen LogP contribution >= 0.6 is 11.8 Å². The van der Waals surface area contributed by atoms with Crippen LogP contribution in [0.3, 0.4) is 0 Å². The van der Waals surface area contributed by atoms with Gasteiger partial charge in [-0.25, -0.2) is 0 Å². The van der Waals surface area contributed by atoms with Gasteiger partial charge in [-0.2, -0.15) is 11.8 Å². The first kappa shape index (κ1) is 18.8. The smallest absolute Gasteiger partial charge is 0.306 e. The van der Waals surface area contributed by atoms with Gasteiger partial charge in [-0.15, -0.1) is 0 Å². The summed E-state index contributed by atoms with van der Waals surface area (Å²) in [6, 6.07) is 0.0321. The minimum absolute atomic E-state index is 0.0321. The van der Waals surface area contributed by atoms with Gasteiger partial charge in [-0.3, -0.25) is 14.4 Å². The van der Waals surface area contributed by atoms with E-state index in [0.717, 1.165) is 12.8 Å². The van der Waals surface area contributed by atoms with E-state index in [9.17, 15) is 14.4 Å². The van der Waals surface area contributed by atoms with Crippen LogP contribution in [0, 0.1) is 5.92 Å². The van der Waals surface area contributed by atoms with Crippen LogP contribution in [-0.4, -0.2) is 40.4 Å². The monoisotopic (exact) mass is 304 g/mol. The van der Waals surface area contributed by atoms with Crippen molar-refractivity contribution in [3.63, 3.8) is 0 Å². The first-order valence-electron chi connectivity index (χ1n) is 6.71. The number of nitrogens with two attached hydrogens (primary N) is 1. The molecule has 0 saturated heterocycles. The fourth-order valence-electron chi connectivity index (χ4n) is 1.61. The Kier molecular flexibility index (Phi) is 9.88. The third kappa shape index (κ3) is 10.7. The molecular formula is C13H24N2O4S. The summed E-state index contributed by atoms with van der Waals surface area (Å²) in [5.74, 6) is -0.763. The van der Waals surface area contributed by atoms with Gasteiger partial charge in [-0.1, -0.05) is 13.3 Å². The van der Waals surface area contributed by atoms with Crippen LogP contribution in [0.2, 0.25) is 0 Å². The minimum atomic E-state index is -0.784. The van der Waals surface area contributed by atoms with Crippen LogP contribution in [-0.2, 0) is 14.4 Å². The van der Waals surface area contributed by atoms with E-state index < -0.39 is 5.97 Å². The van der Waals surface area contributed by atoms with Gasteiger partial charge >= 0.3 is 5.97 Å². The van der Waals surface area contributed by atoms with E-state index in [1.807, 2.05) is 6.92 Å². The number of nitrogens with one attached hydrogen (secondary N) is 1. The second-order valence-corrected chi connectivity index (χ2v) is 6.01. The maximum Gasteiger partial charge on any atom is 0.306 e. The Morgan fingerprint density at radius 3 is 2.45 bits per heavy atom. The number of thioether (sulfide) groups is 1. The van der Waals surface area contributed by atoms with Gasteiger partial charge in [-0.05, 0) is 19.8 Å². The minimum Gasteiger partial charge on any atom is -0.481 e. The summed E-state index contributed by atoms with van der Waals surface area (Å²) in [5.41, 5.74) is 4.99. The highest BCUT2D eigenvalue weighted by molar-refractivity contribution is 7.99. The fourth-order valence-corrected chi connectivity index (χ4v) is 2.29. The van der Waals surface area contributed by atoms with E-state index in [0.29, 0.717) is 18.6 Å². The predicted molar refractivity (Wildman–Crippen MR) is 79.4 cm³/mol. The van der Waals surface area contributed by atoms with Crippen molar-refractivity contribution in [2.45, 2.75) is 45.6 Å². The standard InChI is InChI=1S/C13H24N2O4S/c1-9(13(18)19)4-3-5-10(2)15-12(17)6-7-20-8-11(14)16/h9-10H,3-8H2,1-2H3,(H2,14,16)(H,15,17)(H,18,19). The van der Waals surface area contributed by atoms with Crippen LogP contribution in [0.5, 0.6) is 0 Å². The van der Waals surface area contributed by atoms with Gasteiger partial charge < -0.3 is 16.2 Å². The Hall–Kier alpha value is -1.24. The second-order valence-electron chi connectivity index (χ2n) is 4.91. The Bertz CT molecular complexity index is 336. The van der Waals surface area contributed by atoms with E-state index in [-0.39, 0.29) is 29.5 Å². The molecule has 0 saturated carbocycles. The van der Waals surface area contributed by atoms with Crippen molar-refractivity contribution in [2.75, 3.05) is 11.5 Å². The largest absolute Gasteiger partial charge is 0.481 e. The molecule has 0 rings (SSSR count). The van der Waals surface area contributed by atoms with Crippen LogP contribution in [0.1, 0.15) is 39.5 Å². The van der Waals surface area contributed by atoms with Crippen molar-refractivity contribution in [2.24, 2.45) is 11.7 Å². The summed E-state index contributed by atoms with van der Waals surface area (Å²) in [4.78, 5) is 32.7. The summed E-state index contributed by atoms with van der Waals surface area (Å²) >= 11 is 1.34. The highest BCUT2D eigenvalue weighted by atomic mass is 32.2. The average molecular weight is 304 g/mol. The molecule has 20 heavy (non-hydrogen) atoms. The molecule has 0 aliphatic heterocycles. The third-order valence-corrected chi connectivity index (χ3v) is 3.80. The van der Waals surface area contributed by atoms with Crippen molar-refractivity contribution >= 4 is 29.5 Å². The Morgan fingerprint density at radius 1 is 1.25 bits per heavy atom. The average Bonchev–Trinajstić information content (AvgIpc) is 2.34. The zero-order chi connectivity index (χ0) is 15.5. The molecule has 6 nitrogen and oxygen atoms in total. The van der Waals surface area contributed by atoms with Crippen LogP contribution in [0.15, 0.2) is 0 Å². The lowest BCUT2D eigenvalue weighted by molar-refractivity contribution is -0.141. The SMILES string of the molecule is CC(CCCC(C)C(=O)O)NC(=O)CCSCC(N)=O. The van der Waals surface area contributed by atoms with Crippen molar-refractivity contribution in [1.29, 1.82) is 0 Å². The number of amides is 2. The summed E-state index contributed by atoms with van der Waals surface area (Å²) in [5, 5.41) is 11.6. The van der Waals surface area contributed by atoms with Crippen molar-refractivity contribution in [3.8, 4) is 0 Å². The molecule has 0 aromatic heterocycles. The molecule has 2 atom stereocenters. The quantitative estimate of drug-likeness (QED) is 0.493. The topological polar surface area (TPSA) is 109 Å². The molecule has 0 aliphatic carbocycles. The number of hydrogen-bond donors (Lipinski definition) is 3. The number of carbonyl (C=O) groups is 3. The van der Waals surface area contributed by atoms with Crippen LogP contribution in [0.4, 0.5) is 0 Å². The predicted octanol–water partition coefficient (Wildman–Crippen LogP) is 0.991. The summed E-state index contributed by atoms with van der Waals surface area (Å²) in [6.45, 7) is 3.58. The van der Waals surface area contributed by atoms with Gasteiger partial charge in [0.1, 0.15) is 0 Å². The maximum atomic E-state index is 11.6. The molecule has 0 spiro atoms.